The maximum atomic E-state index is 6.00. The van der Waals surface area contributed by atoms with E-state index in [1.165, 1.54) is 19.3 Å². The standard InChI is InChI=1S/C15H21ClN4/c1-19(9-13-4-2-3-7-17-13)10-14-11-20-8-12(16)5-6-15(20)18-14/h5-6,8,11,13,17H,2-4,7,9-10H2,1H3. The predicted octanol–water partition coefficient (Wildman–Crippen LogP) is 2.56. The Hall–Kier alpha value is -1.10. The van der Waals surface area contributed by atoms with Crippen LogP contribution in [0.4, 0.5) is 0 Å². The van der Waals surface area contributed by atoms with Gasteiger partial charge in [-0.3, -0.25) is 4.90 Å². The van der Waals surface area contributed by atoms with Gasteiger partial charge >= 0.3 is 0 Å². The van der Waals surface area contributed by atoms with E-state index in [-0.39, 0.29) is 0 Å². The van der Waals surface area contributed by atoms with Gasteiger partial charge in [-0.2, -0.15) is 0 Å². The van der Waals surface area contributed by atoms with E-state index >= 15 is 0 Å². The minimum Gasteiger partial charge on any atom is -0.313 e. The number of hydrogen-bond donors (Lipinski definition) is 1. The summed E-state index contributed by atoms with van der Waals surface area (Å²) in [7, 11) is 2.16. The van der Waals surface area contributed by atoms with Gasteiger partial charge in [0.15, 0.2) is 0 Å². The first kappa shape index (κ1) is 13.9. The van der Waals surface area contributed by atoms with Gasteiger partial charge in [-0.05, 0) is 38.6 Å². The second-order valence-corrected chi connectivity index (χ2v) is 6.13. The Morgan fingerprint density at radius 3 is 3.10 bits per heavy atom. The zero-order valence-electron chi connectivity index (χ0n) is 11.8. The average Bonchev–Trinajstić information content (AvgIpc) is 2.80. The molecule has 20 heavy (non-hydrogen) atoms. The zero-order chi connectivity index (χ0) is 13.9. The number of halogens is 1. The van der Waals surface area contributed by atoms with Gasteiger partial charge in [0.1, 0.15) is 5.65 Å². The van der Waals surface area contributed by atoms with E-state index in [2.05, 4.69) is 28.4 Å². The van der Waals surface area contributed by atoms with Gasteiger partial charge in [-0.15, -0.1) is 0 Å². The summed E-state index contributed by atoms with van der Waals surface area (Å²) >= 11 is 6.00. The fraction of sp³-hybridized carbons (Fsp3) is 0.533. The first-order chi connectivity index (χ1) is 9.70. The largest absolute Gasteiger partial charge is 0.313 e. The molecule has 0 amide bonds. The van der Waals surface area contributed by atoms with Gasteiger partial charge in [0.25, 0.3) is 0 Å². The summed E-state index contributed by atoms with van der Waals surface area (Å²) < 4.78 is 1.99. The van der Waals surface area contributed by atoms with Crippen LogP contribution in [0.2, 0.25) is 5.02 Å². The van der Waals surface area contributed by atoms with Crippen LogP contribution >= 0.6 is 11.6 Å². The lowest BCUT2D eigenvalue weighted by Crippen LogP contribution is -2.42. The number of fused-ring (bicyclic) bond motifs is 1. The zero-order valence-corrected chi connectivity index (χ0v) is 12.6. The normalized spacial score (nSPS) is 19.9. The maximum Gasteiger partial charge on any atom is 0.137 e. The van der Waals surface area contributed by atoms with Crippen molar-refractivity contribution in [3.63, 3.8) is 0 Å². The molecule has 5 heteroatoms. The molecule has 1 fully saturated rings. The molecule has 2 aromatic heterocycles. The molecule has 1 aliphatic rings. The Bertz CT molecular complexity index is 574. The molecule has 2 aromatic rings. The van der Waals surface area contributed by atoms with Crippen LogP contribution in [0.5, 0.6) is 0 Å². The molecular formula is C15H21ClN4. The van der Waals surface area contributed by atoms with Crippen LogP contribution < -0.4 is 5.32 Å². The van der Waals surface area contributed by atoms with Crippen LogP contribution in [0, 0.1) is 0 Å². The highest BCUT2D eigenvalue weighted by atomic mass is 35.5. The topological polar surface area (TPSA) is 32.6 Å². The highest BCUT2D eigenvalue weighted by molar-refractivity contribution is 6.30. The van der Waals surface area contributed by atoms with Crippen molar-refractivity contribution in [2.75, 3.05) is 20.1 Å². The molecule has 0 radical (unpaired) electrons. The van der Waals surface area contributed by atoms with Gasteiger partial charge in [-0.1, -0.05) is 18.0 Å². The molecular weight excluding hydrogens is 272 g/mol. The van der Waals surface area contributed by atoms with Crippen molar-refractivity contribution in [2.24, 2.45) is 0 Å². The van der Waals surface area contributed by atoms with Crippen molar-refractivity contribution >= 4 is 17.2 Å². The molecule has 0 saturated carbocycles. The lowest BCUT2D eigenvalue weighted by molar-refractivity contribution is 0.255. The fourth-order valence-electron chi connectivity index (χ4n) is 2.89. The van der Waals surface area contributed by atoms with Crippen molar-refractivity contribution in [1.29, 1.82) is 0 Å². The van der Waals surface area contributed by atoms with Crippen LogP contribution in [-0.4, -0.2) is 40.5 Å². The molecule has 1 unspecified atom stereocenters. The van der Waals surface area contributed by atoms with Crippen LogP contribution in [0.1, 0.15) is 25.0 Å². The molecule has 1 atom stereocenters. The number of hydrogen-bond acceptors (Lipinski definition) is 3. The highest BCUT2D eigenvalue weighted by Crippen LogP contribution is 2.13. The quantitative estimate of drug-likeness (QED) is 0.940. The third-order valence-corrected chi connectivity index (χ3v) is 4.06. The first-order valence-electron chi connectivity index (χ1n) is 7.26. The molecule has 0 aliphatic carbocycles. The van der Waals surface area contributed by atoms with Gasteiger partial charge in [-0.25, -0.2) is 4.98 Å². The van der Waals surface area contributed by atoms with Crippen molar-refractivity contribution in [3.8, 4) is 0 Å². The lowest BCUT2D eigenvalue weighted by Gasteiger charge is -2.27. The van der Waals surface area contributed by atoms with Gasteiger partial charge in [0.2, 0.25) is 0 Å². The Morgan fingerprint density at radius 1 is 1.40 bits per heavy atom. The van der Waals surface area contributed by atoms with Gasteiger partial charge in [0, 0.05) is 31.5 Å². The van der Waals surface area contributed by atoms with E-state index < -0.39 is 0 Å². The molecule has 1 aliphatic heterocycles. The Kier molecular flexibility index (Phi) is 4.24. The molecule has 1 saturated heterocycles. The first-order valence-corrected chi connectivity index (χ1v) is 7.63. The Balaban J connectivity index is 1.63. The summed E-state index contributed by atoms with van der Waals surface area (Å²) in [5, 5.41) is 4.32. The molecule has 0 aromatic carbocycles. The number of likely N-dealkylation sites (N-methyl/N-ethyl adjacent to an activating group) is 1. The number of rotatable bonds is 4. The molecule has 1 N–H and O–H groups in total. The number of imidazole rings is 1. The number of piperidine rings is 1. The van der Waals surface area contributed by atoms with E-state index in [4.69, 9.17) is 11.6 Å². The monoisotopic (exact) mass is 292 g/mol. The van der Waals surface area contributed by atoms with E-state index in [1.54, 1.807) is 0 Å². The summed E-state index contributed by atoms with van der Waals surface area (Å²) in [6.07, 6.45) is 7.90. The summed E-state index contributed by atoms with van der Waals surface area (Å²) in [6.45, 7) is 3.11. The minimum absolute atomic E-state index is 0.625. The molecule has 4 nitrogen and oxygen atoms in total. The van der Waals surface area contributed by atoms with E-state index in [1.807, 2.05) is 22.7 Å². The molecule has 0 spiro atoms. The summed E-state index contributed by atoms with van der Waals surface area (Å²) in [5.41, 5.74) is 2.04. The lowest BCUT2D eigenvalue weighted by atomic mass is 10.0. The average molecular weight is 293 g/mol. The van der Waals surface area contributed by atoms with E-state index in [9.17, 15) is 0 Å². The SMILES string of the molecule is CN(Cc1cn2cc(Cl)ccc2n1)CC1CCCCN1. The highest BCUT2D eigenvalue weighted by Gasteiger charge is 2.15. The predicted molar refractivity (Wildman–Crippen MR) is 82.2 cm³/mol. The van der Waals surface area contributed by atoms with E-state index in [0.717, 1.165) is 36.0 Å². The summed E-state index contributed by atoms with van der Waals surface area (Å²) in [5.74, 6) is 0. The molecule has 3 rings (SSSR count). The number of pyridine rings is 1. The van der Waals surface area contributed by atoms with Crippen LogP contribution in [0.3, 0.4) is 0 Å². The number of nitrogens with one attached hydrogen (secondary N) is 1. The van der Waals surface area contributed by atoms with E-state index in [0.29, 0.717) is 6.04 Å². The second-order valence-electron chi connectivity index (χ2n) is 5.69. The third kappa shape index (κ3) is 3.32. The van der Waals surface area contributed by atoms with Crippen LogP contribution in [0.15, 0.2) is 24.5 Å². The second kappa shape index (κ2) is 6.12. The molecule has 0 bridgehead atoms. The number of aromatic nitrogens is 2. The molecule has 108 valence electrons. The van der Waals surface area contributed by atoms with Crippen LogP contribution in [-0.2, 0) is 6.54 Å². The van der Waals surface area contributed by atoms with Crippen molar-refractivity contribution in [2.45, 2.75) is 31.8 Å². The van der Waals surface area contributed by atoms with Crippen LogP contribution in [0.25, 0.3) is 5.65 Å². The summed E-state index contributed by atoms with van der Waals surface area (Å²) in [4.78, 5) is 6.97. The maximum absolute atomic E-state index is 6.00. The Labute approximate surface area is 124 Å². The summed E-state index contributed by atoms with van der Waals surface area (Å²) in [6, 6.07) is 4.46. The number of nitrogens with zero attached hydrogens (tertiary/aromatic N) is 3. The smallest absolute Gasteiger partial charge is 0.137 e. The molecule has 3 heterocycles. The van der Waals surface area contributed by atoms with Crippen molar-refractivity contribution in [3.05, 3.63) is 35.2 Å². The third-order valence-electron chi connectivity index (χ3n) is 3.84. The fourth-order valence-corrected chi connectivity index (χ4v) is 3.06. The minimum atomic E-state index is 0.625. The van der Waals surface area contributed by atoms with Gasteiger partial charge < -0.3 is 9.72 Å². The van der Waals surface area contributed by atoms with Gasteiger partial charge in [0.05, 0.1) is 10.7 Å². The van der Waals surface area contributed by atoms with Crippen molar-refractivity contribution < 1.29 is 0 Å². The van der Waals surface area contributed by atoms with Crippen molar-refractivity contribution in [1.82, 2.24) is 19.6 Å². The Morgan fingerprint density at radius 2 is 2.30 bits per heavy atom.